The predicted octanol–water partition coefficient (Wildman–Crippen LogP) is 5.21. The summed E-state index contributed by atoms with van der Waals surface area (Å²) < 4.78 is 42.4. The van der Waals surface area contributed by atoms with Gasteiger partial charge in [0.1, 0.15) is 0 Å². The van der Waals surface area contributed by atoms with Crippen LogP contribution in [0.15, 0.2) is 24.3 Å². The van der Waals surface area contributed by atoms with Crippen molar-refractivity contribution in [3.05, 3.63) is 52.3 Å². The van der Waals surface area contributed by atoms with Gasteiger partial charge in [-0.1, -0.05) is 30.1 Å². The van der Waals surface area contributed by atoms with Crippen LogP contribution in [-0.2, 0) is 19.3 Å². The van der Waals surface area contributed by atoms with E-state index in [4.69, 9.17) is 0 Å². The van der Waals surface area contributed by atoms with E-state index in [0.29, 0.717) is 50.3 Å². The molecule has 5 nitrogen and oxygen atoms in total. The molecule has 9 heteroatoms. The van der Waals surface area contributed by atoms with Crippen molar-refractivity contribution in [3.63, 3.8) is 0 Å². The normalized spacial score (nSPS) is 18.5. The Bertz CT molecular complexity index is 958. The van der Waals surface area contributed by atoms with Crippen LogP contribution < -0.4 is 0 Å². The van der Waals surface area contributed by atoms with Crippen molar-refractivity contribution in [2.45, 2.75) is 63.5 Å². The van der Waals surface area contributed by atoms with Gasteiger partial charge < -0.3 is 4.90 Å². The maximum absolute atomic E-state index is 13.4. The molecule has 1 aromatic carbocycles. The van der Waals surface area contributed by atoms with Gasteiger partial charge in [0.15, 0.2) is 5.69 Å². The summed E-state index contributed by atoms with van der Waals surface area (Å²) >= 11 is 1.75. The average Bonchev–Trinajstić information content (AvgIpc) is 3.25. The molecule has 0 atom stereocenters. The van der Waals surface area contributed by atoms with Crippen LogP contribution in [0.2, 0.25) is 0 Å². The Morgan fingerprint density at radius 2 is 1.81 bits per heavy atom. The third-order valence-corrected chi connectivity index (χ3v) is 6.78. The third-order valence-electron chi connectivity index (χ3n) is 5.72. The van der Waals surface area contributed by atoms with E-state index >= 15 is 0 Å². The molecule has 2 aliphatic heterocycles. The van der Waals surface area contributed by atoms with E-state index in [1.165, 1.54) is 6.07 Å². The zero-order valence-electron chi connectivity index (χ0n) is 17.9. The summed E-state index contributed by atoms with van der Waals surface area (Å²) in [5.41, 5.74) is 2.11. The summed E-state index contributed by atoms with van der Waals surface area (Å²) in [6.07, 6.45) is -3.34. The number of nitrogens with zero attached hydrogens (tertiary/aromatic N) is 3. The predicted molar refractivity (Wildman–Crippen MR) is 115 cm³/mol. The quantitative estimate of drug-likeness (QED) is 0.650. The minimum Gasteiger partial charge on any atom is -0.337 e. The molecule has 1 aromatic heterocycles. The van der Waals surface area contributed by atoms with Gasteiger partial charge in [-0.3, -0.25) is 9.89 Å². The third kappa shape index (κ3) is 4.77. The number of aromatic nitrogens is 2. The second-order valence-electron chi connectivity index (χ2n) is 9.18. The number of nitrogens with one attached hydrogen (secondary N) is 1. The molecule has 1 N–H and O–H groups in total. The Balaban J connectivity index is 1.42. The number of amides is 1. The molecule has 0 aliphatic carbocycles. The second kappa shape index (κ2) is 8.16. The topological polar surface area (TPSA) is 52.2 Å². The van der Waals surface area contributed by atoms with Gasteiger partial charge in [-0.25, -0.2) is 4.31 Å². The van der Waals surface area contributed by atoms with Gasteiger partial charge >= 0.3 is 6.18 Å². The van der Waals surface area contributed by atoms with Crippen molar-refractivity contribution >= 4 is 17.9 Å². The summed E-state index contributed by atoms with van der Waals surface area (Å²) in [7, 11) is 0. The number of alkyl halides is 3. The molecule has 2 aliphatic rings. The first-order valence-corrected chi connectivity index (χ1v) is 11.3. The number of carbonyl (C=O) groups is 1. The number of hydrogen-bond donors (Lipinski definition) is 1. The SMILES string of the molecule is CC(C)(C)SN1Cc2[nH]nc(C(=O)N3CCC(c4ccccc4C(F)(F)F)CC3)c2C1. The van der Waals surface area contributed by atoms with E-state index in [1.54, 1.807) is 29.0 Å². The fourth-order valence-electron chi connectivity index (χ4n) is 4.39. The monoisotopic (exact) mass is 452 g/mol. The van der Waals surface area contributed by atoms with Gasteiger partial charge in [-0.15, -0.1) is 0 Å². The van der Waals surface area contributed by atoms with Crippen molar-refractivity contribution in [3.8, 4) is 0 Å². The summed E-state index contributed by atoms with van der Waals surface area (Å²) in [5.74, 6) is -0.340. The van der Waals surface area contributed by atoms with Crippen molar-refractivity contribution in [1.29, 1.82) is 0 Å². The van der Waals surface area contributed by atoms with Gasteiger partial charge in [0.05, 0.1) is 17.8 Å². The fraction of sp³-hybridized carbons (Fsp3) is 0.545. The van der Waals surface area contributed by atoms with Gasteiger partial charge in [0.2, 0.25) is 0 Å². The first-order chi connectivity index (χ1) is 14.5. The lowest BCUT2D eigenvalue weighted by atomic mass is 9.86. The number of carbonyl (C=O) groups excluding carboxylic acids is 1. The maximum Gasteiger partial charge on any atom is 0.416 e. The maximum atomic E-state index is 13.4. The molecule has 0 spiro atoms. The van der Waals surface area contributed by atoms with Crippen molar-refractivity contribution in [2.75, 3.05) is 13.1 Å². The number of likely N-dealkylation sites (tertiary alicyclic amines) is 1. The second-order valence-corrected chi connectivity index (χ2v) is 11.1. The van der Waals surface area contributed by atoms with Crippen LogP contribution in [0.3, 0.4) is 0 Å². The molecular formula is C22H27F3N4OS. The molecule has 1 amide bonds. The largest absolute Gasteiger partial charge is 0.416 e. The Labute approximate surface area is 184 Å². The van der Waals surface area contributed by atoms with Crippen LogP contribution in [0.4, 0.5) is 13.2 Å². The van der Waals surface area contributed by atoms with Crippen LogP contribution in [0.1, 0.15) is 72.4 Å². The van der Waals surface area contributed by atoms with Gasteiger partial charge in [0, 0.05) is 29.9 Å². The minimum absolute atomic E-state index is 0.0790. The average molecular weight is 453 g/mol. The molecule has 0 unspecified atom stereocenters. The zero-order chi connectivity index (χ0) is 22.4. The molecule has 0 radical (unpaired) electrons. The van der Waals surface area contributed by atoms with Crippen LogP contribution in [0, 0.1) is 0 Å². The number of aromatic amines is 1. The van der Waals surface area contributed by atoms with E-state index in [1.807, 2.05) is 0 Å². The number of piperidine rings is 1. The number of benzene rings is 1. The van der Waals surface area contributed by atoms with Crippen molar-refractivity contribution in [2.24, 2.45) is 0 Å². The number of H-pyrrole nitrogens is 1. The van der Waals surface area contributed by atoms with E-state index in [-0.39, 0.29) is 16.6 Å². The zero-order valence-corrected chi connectivity index (χ0v) is 18.7. The highest BCUT2D eigenvalue weighted by Gasteiger charge is 2.37. The standard InChI is InChI=1S/C22H27F3N4OS/c1-21(2,3)31-29-12-16-18(13-29)26-27-19(16)20(30)28-10-8-14(9-11-28)15-6-4-5-7-17(15)22(23,24)25/h4-7,14H,8-13H2,1-3H3,(H,26,27). The lowest BCUT2D eigenvalue weighted by molar-refractivity contribution is -0.138. The van der Waals surface area contributed by atoms with Crippen molar-refractivity contribution < 1.29 is 18.0 Å². The molecule has 2 aromatic rings. The minimum atomic E-state index is -4.36. The highest BCUT2D eigenvalue weighted by Crippen LogP contribution is 2.39. The molecule has 3 heterocycles. The fourth-order valence-corrected chi connectivity index (χ4v) is 5.56. The molecule has 0 bridgehead atoms. The highest BCUT2D eigenvalue weighted by atomic mass is 32.2. The Morgan fingerprint density at radius 1 is 1.13 bits per heavy atom. The van der Waals surface area contributed by atoms with Crippen LogP contribution in [0.5, 0.6) is 0 Å². The van der Waals surface area contributed by atoms with Gasteiger partial charge in [-0.2, -0.15) is 18.3 Å². The highest BCUT2D eigenvalue weighted by molar-refractivity contribution is 7.98. The van der Waals surface area contributed by atoms with E-state index in [0.717, 1.165) is 17.3 Å². The number of rotatable bonds is 3. The molecule has 1 saturated heterocycles. The van der Waals surface area contributed by atoms with E-state index in [2.05, 4.69) is 35.3 Å². The molecule has 0 saturated carbocycles. The lowest BCUT2D eigenvalue weighted by Gasteiger charge is -2.33. The van der Waals surface area contributed by atoms with Crippen LogP contribution >= 0.6 is 11.9 Å². The molecular weight excluding hydrogens is 425 g/mol. The number of halogens is 3. The van der Waals surface area contributed by atoms with E-state index in [9.17, 15) is 18.0 Å². The lowest BCUT2D eigenvalue weighted by Crippen LogP contribution is -2.38. The van der Waals surface area contributed by atoms with Gasteiger partial charge in [0.25, 0.3) is 5.91 Å². The Kier molecular flexibility index (Phi) is 5.85. The first-order valence-electron chi connectivity index (χ1n) is 10.5. The summed E-state index contributed by atoms with van der Waals surface area (Å²) in [5, 5.41) is 7.27. The molecule has 4 rings (SSSR count). The Morgan fingerprint density at radius 3 is 2.45 bits per heavy atom. The summed E-state index contributed by atoms with van der Waals surface area (Å²) in [6.45, 7) is 8.68. The number of hydrogen-bond acceptors (Lipinski definition) is 4. The molecule has 168 valence electrons. The Hall–Kier alpha value is -2.00. The smallest absolute Gasteiger partial charge is 0.337 e. The number of fused-ring (bicyclic) bond motifs is 1. The molecule has 1 fully saturated rings. The van der Waals surface area contributed by atoms with Crippen molar-refractivity contribution in [1.82, 2.24) is 19.4 Å². The van der Waals surface area contributed by atoms with Crippen LogP contribution in [-0.4, -0.2) is 43.1 Å². The summed E-state index contributed by atoms with van der Waals surface area (Å²) in [4.78, 5) is 14.8. The van der Waals surface area contributed by atoms with E-state index < -0.39 is 11.7 Å². The first kappa shape index (κ1) is 22.2. The van der Waals surface area contributed by atoms with Crippen LogP contribution in [0.25, 0.3) is 0 Å². The van der Waals surface area contributed by atoms with Gasteiger partial charge in [-0.05, 0) is 51.2 Å². The summed E-state index contributed by atoms with van der Waals surface area (Å²) in [6, 6.07) is 5.77. The molecule has 31 heavy (non-hydrogen) atoms.